The molecule has 112 valence electrons. The molecule has 0 atom stereocenters. The summed E-state index contributed by atoms with van der Waals surface area (Å²) in [5.74, 6) is 1.35. The van der Waals surface area contributed by atoms with Crippen LogP contribution in [0.4, 0.5) is 0 Å². The standard InChI is InChI=1S/2C7H7NOS.CH4/c2*8-7(10)9-6-4-2-1-3-5-6;/h2*1-5H,(H2,8,10);1H4. The summed E-state index contributed by atoms with van der Waals surface area (Å²) in [6.07, 6.45) is 0. The number of hydrogen-bond donors (Lipinski definition) is 2. The van der Waals surface area contributed by atoms with Gasteiger partial charge in [-0.2, -0.15) is 0 Å². The van der Waals surface area contributed by atoms with Crippen LogP contribution in [0.2, 0.25) is 0 Å². The first-order valence-electron chi connectivity index (χ1n) is 5.62. The van der Waals surface area contributed by atoms with Crippen LogP contribution in [0.5, 0.6) is 11.5 Å². The molecular formula is C15H18N2O2S2. The first-order chi connectivity index (χ1) is 9.58. The Kier molecular flexibility index (Phi) is 9.49. The highest BCUT2D eigenvalue weighted by Crippen LogP contribution is 2.07. The summed E-state index contributed by atoms with van der Waals surface area (Å²) in [5.41, 5.74) is 10.3. The molecule has 6 heteroatoms. The molecule has 4 N–H and O–H groups in total. The Hall–Kier alpha value is -2.18. The van der Waals surface area contributed by atoms with Gasteiger partial charge >= 0.3 is 0 Å². The molecule has 0 heterocycles. The van der Waals surface area contributed by atoms with Crippen molar-refractivity contribution in [2.24, 2.45) is 11.5 Å². The maximum Gasteiger partial charge on any atom is 0.259 e. The Bertz CT molecular complexity index is 497. The van der Waals surface area contributed by atoms with Gasteiger partial charge < -0.3 is 20.9 Å². The Balaban J connectivity index is 0.000000364. The Morgan fingerprint density at radius 3 is 1.19 bits per heavy atom. The molecule has 4 nitrogen and oxygen atoms in total. The van der Waals surface area contributed by atoms with Crippen LogP contribution in [-0.4, -0.2) is 10.3 Å². The largest absolute Gasteiger partial charge is 0.432 e. The molecule has 0 aromatic heterocycles. The van der Waals surface area contributed by atoms with E-state index in [4.69, 9.17) is 20.9 Å². The number of thiocarbonyl (C=S) groups is 2. The SMILES string of the molecule is C.NC(=S)Oc1ccccc1.NC(=S)Oc1ccccc1. The van der Waals surface area contributed by atoms with Gasteiger partial charge in [-0.15, -0.1) is 0 Å². The second-order valence-corrected chi connectivity index (χ2v) is 4.27. The second kappa shape index (κ2) is 10.6. The van der Waals surface area contributed by atoms with Crippen LogP contribution >= 0.6 is 24.4 Å². The Morgan fingerprint density at radius 2 is 0.952 bits per heavy atom. The zero-order valence-electron chi connectivity index (χ0n) is 10.6. The predicted octanol–water partition coefficient (Wildman–Crippen LogP) is 3.25. The molecule has 0 aliphatic heterocycles. The van der Waals surface area contributed by atoms with Gasteiger partial charge in [0.15, 0.2) is 0 Å². The molecule has 0 aliphatic rings. The lowest BCUT2D eigenvalue weighted by Gasteiger charge is -1.99. The molecule has 0 saturated carbocycles. The van der Waals surface area contributed by atoms with E-state index >= 15 is 0 Å². The van der Waals surface area contributed by atoms with Crippen LogP contribution in [0.25, 0.3) is 0 Å². The van der Waals surface area contributed by atoms with E-state index in [1.165, 1.54) is 0 Å². The minimum atomic E-state index is 0. The van der Waals surface area contributed by atoms with Gasteiger partial charge in [0.25, 0.3) is 10.3 Å². The van der Waals surface area contributed by atoms with E-state index in [1.807, 2.05) is 36.4 Å². The van der Waals surface area contributed by atoms with Gasteiger partial charge in [0, 0.05) is 0 Å². The van der Waals surface area contributed by atoms with E-state index in [-0.39, 0.29) is 17.8 Å². The van der Waals surface area contributed by atoms with Gasteiger partial charge in [-0.3, -0.25) is 0 Å². The third-order valence-corrected chi connectivity index (χ3v) is 2.09. The molecule has 2 aromatic carbocycles. The van der Waals surface area contributed by atoms with Crippen molar-refractivity contribution in [1.29, 1.82) is 0 Å². The van der Waals surface area contributed by atoms with E-state index in [1.54, 1.807) is 24.3 Å². The monoisotopic (exact) mass is 322 g/mol. The first kappa shape index (κ1) is 18.8. The summed E-state index contributed by atoms with van der Waals surface area (Å²) in [5, 5.41) is 0.0948. The molecule has 2 aromatic rings. The van der Waals surface area contributed by atoms with Crippen molar-refractivity contribution in [3.05, 3.63) is 60.7 Å². The minimum absolute atomic E-state index is 0. The highest BCUT2D eigenvalue weighted by Gasteiger charge is 1.91. The zero-order chi connectivity index (χ0) is 14.8. The van der Waals surface area contributed by atoms with Crippen LogP contribution in [0, 0.1) is 0 Å². The average molecular weight is 322 g/mol. The fraction of sp³-hybridized carbons (Fsp3) is 0.0667. The summed E-state index contributed by atoms with van der Waals surface area (Å²) < 4.78 is 9.85. The maximum atomic E-state index is 5.13. The molecule has 2 rings (SSSR count). The fourth-order valence-corrected chi connectivity index (χ4v) is 1.40. The number of hydrogen-bond acceptors (Lipinski definition) is 4. The lowest BCUT2D eigenvalue weighted by molar-refractivity contribution is 0.557. The van der Waals surface area contributed by atoms with Gasteiger partial charge in [-0.1, -0.05) is 43.8 Å². The highest BCUT2D eigenvalue weighted by atomic mass is 32.1. The van der Waals surface area contributed by atoms with Crippen molar-refractivity contribution in [3.8, 4) is 11.5 Å². The molecule has 0 radical (unpaired) electrons. The molecule has 0 aliphatic carbocycles. The Labute approximate surface area is 135 Å². The van der Waals surface area contributed by atoms with Gasteiger partial charge in [0.05, 0.1) is 0 Å². The van der Waals surface area contributed by atoms with Gasteiger partial charge in [-0.25, -0.2) is 0 Å². The number of ether oxygens (including phenoxy) is 2. The van der Waals surface area contributed by atoms with Crippen molar-refractivity contribution >= 4 is 34.8 Å². The molecule has 0 saturated heterocycles. The second-order valence-electron chi connectivity index (χ2n) is 3.47. The molecule has 0 fully saturated rings. The molecule has 0 unspecified atom stereocenters. The third-order valence-electron chi connectivity index (χ3n) is 1.92. The van der Waals surface area contributed by atoms with Crippen molar-refractivity contribution < 1.29 is 9.47 Å². The number of para-hydroxylation sites is 2. The fourth-order valence-electron chi connectivity index (χ4n) is 1.21. The number of nitrogens with two attached hydrogens (primary N) is 2. The summed E-state index contributed by atoms with van der Waals surface area (Å²) in [6.45, 7) is 0. The molecular weight excluding hydrogens is 304 g/mol. The quantitative estimate of drug-likeness (QED) is 0.827. The van der Waals surface area contributed by atoms with Gasteiger partial charge in [-0.05, 0) is 48.7 Å². The maximum absolute atomic E-state index is 5.13. The minimum Gasteiger partial charge on any atom is -0.432 e. The number of rotatable bonds is 2. The van der Waals surface area contributed by atoms with Gasteiger partial charge in [0.2, 0.25) is 0 Å². The van der Waals surface area contributed by atoms with Crippen LogP contribution < -0.4 is 20.9 Å². The average Bonchev–Trinajstić information content (AvgIpc) is 2.40. The highest BCUT2D eigenvalue weighted by molar-refractivity contribution is 7.80. The lowest BCUT2D eigenvalue weighted by Crippen LogP contribution is -2.15. The van der Waals surface area contributed by atoms with E-state index in [9.17, 15) is 0 Å². The summed E-state index contributed by atoms with van der Waals surface area (Å²) >= 11 is 9.07. The van der Waals surface area contributed by atoms with Crippen LogP contribution in [0.3, 0.4) is 0 Å². The smallest absolute Gasteiger partial charge is 0.259 e. The Morgan fingerprint density at radius 1 is 0.667 bits per heavy atom. The summed E-state index contributed by atoms with van der Waals surface area (Å²) in [6, 6.07) is 18.4. The van der Waals surface area contributed by atoms with E-state index in [0.29, 0.717) is 11.5 Å². The van der Waals surface area contributed by atoms with Crippen LogP contribution in [0.15, 0.2) is 60.7 Å². The lowest BCUT2D eigenvalue weighted by atomic mass is 10.3. The predicted molar refractivity (Wildman–Crippen MR) is 94.4 cm³/mol. The van der Waals surface area contributed by atoms with Crippen LogP contribution in [0.1, 0.15) is 7.43 Å². The van der Waals surface area contributed by atoms with Crippen molar-refractivity contribution in [2.75, 3.05) is 0 Å². The summed E-state index contributed by atoms with van der Waals surface area (Å²) in [4.78, 5) is 0. The van der Waals surface area contributed by atoms with E-state index in [2.05, 4.69) is 24.4 Å². The van der Waals surface area contributed by atoms with E-state index < -0.39 is 0 Å². The number of benzene rings is 2. The molecule has 0 amide bonds. The third kappa shape index (κ3) is 9.37. The summed E-state index contributed by atoms with van der Waals surface area (Å²) in [7, 11) is 0. The normalized spacial score (nSPS) is 8.38. The zero-order valence-corrected chi connectivity index (χ0v) is 12.2. The molecule has 0 bridgehead atoms. The van der Waals surface area contributed by atoms with Crippen molar-refractivity contribution in [1.82, 2.24) is 0 Å². The molecule has 0 spiro atoms. The topological polar surface area (TPSA) is 70.5 Å². The van der Waals surface area contributed by atoms with Gasteiger partial charge in [0.1, 0.15) is 11.5 Å². The van der Waals surface area contributed by atoms with E-state index in [0.717, 1.165) is 0 Å². The van der Waals surface area contributed by atoms with Crippen molar-refractivity contribution in [2.45, 2.75) is 7.43 Å². The first-order valence-corrected chi connectivity index (χ1v) is 6.44. The van der Waals surface area contributed by atoms with Crippen molar-refractivity contribution in [3.63, 3.8) is 0 Å². The molecule has 21 heavy (non-hydrogen) atoms. The van der Waals surface area contributed by atoms with Crippen LogP contribution in [-0.2, 0) is 0 Å².